The maximum absolute atomic E-state index is 14.9. The fourth-order valence-corrected chi connectivity index (χ4v) is 4.40. The number of rotatable bonds is 2. The second-order valence-corrected chi connectivity index (χ2v) is 8.77. The van der Waals surface area contributed by atoms with Gasteiger partial charge in [0.25, 0.3) is 5.92 Å². The van der Waals surface area contributed by atoms with Gasteiger partial charge in [-0.25, -0.2) is 18.6 Å². The summed E-state index contributed by atoms with van der Waals surface area (Å²) in [6.45, 7) is 0.167. The Morgan fingerprint density at radius 3 is 2.84 bits per heavy atom. The lowest BCUT2D eigenvalue weighted by molar-refractivity contribution is -0.0324. The third-order valence-electron chi connectivity index (χ3n) is 5.78. The molecular weight excluding hydrogens is 486 g/mol. The molecule has 0 fully saturated rings. The van der Waals surface area contributed by atoms with Gasteiger partial charge in [0.2, 0.25) is 0 Å². The SMILES string of the molecule is C[C@@H]1Cc2nn3c(c2CN1C(=O)Nc1ccnc(Br)c1F)C(F)(F)CC[C@](F)(CO)C3. The fourth-order valence-electron chi connectivity index (χ4n) is 4.07. The number of carbonyl (C=O) groups is 1. The Balaban J connectivity index is 1.66. The number of hydrogen-bond acceptors (Lipinski definition) is 4. The summed E-state index contributed by atoms with van der Waals surface area (Å²) in [7, 11) is 0. The van der Waals surface area contributed by atoms with Gasteiger partial charge in [-0.05, 0) is 35.3 Å². The lowest BCUT2D eigenvalue weighted by Crippen LogP contribution is -2.45. The van der Waals surface area contributed by atoms with E-state index in [9.17, 15) is 27.5 Å². The Morgan fingerprint density at radius 1 is 1.39 bits per heavy atom. The van der Waals surface area contributed by atoms with Gasteiger partial charge >= 0.3 is 6.03 Å². The number of anilines is 1. The zero-order valence-corrected chi connectivity index (χ0v) is 18.1. The normalized spacial score (nSPS) is 24.9. The first-order valence-electron chi connectivity index (χ1n) is 9.69. The topological polar surface area (TPSA) is 83.3 Å². The number of aliphatic hydroxyl groups is 1. The third kappa shape index (κ3) is 3.91. The van der Waals surface area contributed by atoms with Crippen LogP contribution in [0.15, 0.2) is 16.9 Å². The van der Waals surface area contributed by atoms with Crippen LogP contribution in [-0.4, -0.2) is 49.1 Å². The van der Waals surface area contributed by atoms with Gasteiger partial charge in [0.1, 0.15) is 10.3 Å². The number of fused-ring (bicyclic) bond motifs is 3. The summed E-state index contributed by atoms with van der Waals surface area (Å²) in [5.74, 6) is -4.12. The quantitative estimate of drug-likeness (QED) is 0.481. The fraction of sp³-hybridized carbons (Fsp3) is 0.526. The minimum atomic E-state index is -3.37. The number of carbonyl (C=O) groups excluding carboxylic acids is 1. The first-order chi connectivity index (χ1) is 14.5. The smallest absolute Gasteiger partial charge is 0.322 e. The Bertz CT molecular complexity index is 1030. The van der Waals surface area contributed by atoms with Crippen molar-refractivity contribution < 1.29 is 27.5 Å². The van der Waals surface area contributed by atoms with Gasteiger partial charge in [-0.15, -0.1) is 0 Å². The van der Waals surface area contributed by atoms with E-state index < -0.39 is 61.2 Å². The lowest BCUT2D eigenvalue weighted by atomic mass is 9.95. The zero-order chi connectivity index (χ0) is 22.6. The maximum Gasteiger partial charge on any atom is 0.322 e. The number of amides is 2. The van der Waals surface area contributed by atoms with Crippen LogP contribution in [0.5, 0.6) is 0 Å². The van der Waals surface area contributed by atoms with Crippen molar-refractivity contribution in [2.24, 2.45) is 0 Å². The molecule has 2 atom stereocenters. The molecule has 0 spiro atoms. The molecule has 0 radical (unpaired) electrons. The number of pyridine rings is 1. The van der Waals surface area contributed by atoms with Crippen molar-refractivity contribution in [3.63, 3.8) is 0 Å². The van der Waals surface area contributed by atoms with Crippen molar-refractivity contribution in [3.8, 4) is 0 Å². The number of urea groups is 1. The van der Waals surface area contributed by atoms with Gasteiger partial charge < -0.3 is 15.3 Å². The van der Waals surface area contributed by atoms with Crippen LogP contribution in [0, 0.1) is 5.82 Å². The van der Waals surface area contributed by atoms with E-state index in [1.807, 2.05) is 0 Å². The highest BCUT2D eigenvalue weighted by molar-refractivity contribution is 9.10. The van der Waals surface area contributed by atoms with E-state index in [1.165, 1.54) is 17.2 Å². The summed E-state index contributed by atoms with van der Waals surface area (Å²) in [5, 5.41) is 16.0. The van der Waals surface area contributed by atoms with Gasteiger partial charge in [0.15, 0.2) is 11.5 Å². The van der Waals surface area contributed by atoms with Gasteiger partial charge in [0.05, 0.1) is 31.1 Å². The van der Waals surface area contributed by atoms with Crippen molar-refractivity contribution >= 4 is 27.6 Å². The van der Waals surface area contributed by atoms with Crippen LogP contribution in [0.2, 0.25) is 0 Å². The van der Waals surface area contributed by atoms with Crippen LogP contribution >= 0.6 is 15.9 Å². The summed E-state index contributed by atoms with van der Waals surface area (Å²) >= 11 is 2.94. The van der Waals surface area contributed by atoms with Gasteiger partial charge in [-0.2, -0.15) is 13.9 Å². The van der Waals surface area contributed by atoms with E-state index in [4.69, 9.17) is 0 Å². The predicted molar refractivity (Wildman–Crippen MR) is 106 cm³/mol. The van der Waals surface area contributed by atoms with Crippen molar-refractivity contribution in [2.75, 3.05) is 11.9 Å². The molecule has 2 amide bonds. The third-order valence-corrected chi connectivity index (χ3v) is 6.33. The van der Waals surface area contributed by atoms with E-state index in [-0.39, 0.29) is 28.8 Å². The standard InChI is InChI=1S/C19H20BrF4N5O2/c1-10-6-13-11(7-28(10)17(31)26-12-2-5-25-16(20)14(12)21)15-19(23,24)4-3-18(22,9-30)8-29(15)27-13/h2,5,10,30H,3-4,6-9H2,1H3,(H,25,26,31)/t10-,18-/m1/s1. The second-order valence-electron chi connectivity index (χ2n) is 8.02. The van der Waals surface area contributed by atoms with E-state index in [0.717, 1.165) is 4.68 Å². The second kappa shape index (κ2) is 7.73. The average Bonchev–Trinajstić information content (AvgIpc) is 3.01. The van der Waals surface area contributed by atoms with E-state index >= 15 is 0 Å². The predicted octanol–water partition coefficient (Wildman–Crippen LogP) is 3.74. The van der Waals surface area contributed by atoms with Crippen molar-refractivity contribution in [1.82, 2.24) is 19.7 Å². The molecule has 0 bridgehead atoms. The minimum absolute atomic E-state index is 0.0699. The minimum Gasteiger partial charge on any atom is -0.393 e. The molecule has 168 valence electrons. The number of nitrogens with one attached hydrogen (secondary N) is 1. The van der Waals surface area contributed by atoms with Gasteiger partial charge in [-0.3, -0.25) is 4.68 Å². The monoisotopic (exact) mass is 505 g/mol. The summed E-state index contributed by atoms with van der Waals surface area (Å²) in [6, 6.07) is 0.206. The molecule has 12 heteroatoms. The molecule has 7 nitrogen and oxygen atoms in total. The molecule has 0 saturated carbocycles. The summed E-state index contributed by atoms with van der Waals surface area (Å²) in [4.78, 5) is 17.9. The summed E-state index contributed by atoms with van der Waals surface area (Å²) in [5.41, 5.74) is -2.20. The van der Waals surface area contributed by atoms with Crippen LogP contribution in [0.25, 0.3) is 0 Å². The number of halogens is 5. The lowest BCUT2D eigenvalue weighted by Gasteiger charge is -2.33. The summed E-state index contributed by atoms with van der Waals surface area (Å²) in [6.07, 6.45) is 0.203. The molecular formula is C19H20BrF4N5O2. The van der Waals surface area contributed by atoms with Crippen molar-refractivity contribution in [2.45, 2.75) is 56.9 Å². The number of nitrogens with zero attached hydrogens (tertiary/aromatic N) is 4. The Labute approximate surface area is 183 Å². The van der Waals surface area contributed by atoms with Crippen LogP contribution in [0.4, 0.5) is 28.0 Å². The average molecular weight is 506 g/mol. The molecule has 0 aromatic carbocycles. The first kappa shape index (κ1) is 22.0. The largest absolute Gasteiger partial charge is 0.393 e. The van der Waals surface area contributed by atoms with Crippen LogP contribution in [0.3, 0.4) is 0 Å². The molecule has 2 aromatic heterocycles. The Hall–Kier alpha value is -2.21. The summed E-state index contributed by atoms with van der Waals surface area (Å²) < 4.78 is 59.7. The molecule has 31 heavy (non-hydrogen) atoms. The zero-order valence-electron chi connectivity index (χ0n) is 16.5. The molecule has 0 unspecified atom stereocenters. The maximum atomic E-state index is 14.9. The molecule has 0 saturated heterocycles. The molecule has 4 heterocycles. The number of aromatic nitrogens is 3. The van der Waals surface area contributed by atoms with E-state index in [0.29, 0.717) is 5.69 Å². The molecule has 2 aliphatic rings. The van der Waals surface area contributed by atoms with Gasteiger partial charge in [-0.1, -0.05) is 0 Å². The molecule has 2 aliphatic heterocycles. The van der Waals surface area contributed by atoms with Crippen LogP contribution < -0.4 is 5.32 Å². The number of aliphatic hydroxyl groups excluding tert-OH is 1. The van der Waals surface area contributed by atoms with Crippen LogP contribution in [0.1, 0.15) is 36.7 Å². The van der Waals surface area contributed by atoms with Crippen LogP contribution in [-0.2, 0) is 25.4 Å². The highest BCUT2D eigenvalue weighted by Gasteiger charge is 2.48. The number of hydrogen-bond donors (Lipinski definition) is 2. The van der Waals surface area contributed by atoms with E-state index in [1.54, 1.807) is 6.92 Å². The highest BCUT2D eigenvalue weighted by atomic mass is 79.9. The molecule has 2 N–H and O–H groups in total. The molecule has 4 rings (SSSR count). The van der Waals surface area contributed by atoms with E-state index in [2.05, 4.69) is 31.3 Å². The van der Waals surface area contributed by atoms with Crippen molar-refractivity contribution in [1.29, 1.82) is 0 Å². The highest BCUT2D eigenvalue weighted by Crippen LogP contribution is 2.44. The first-order valence-corrected chi connectivity index (χ1v) is 10.5. The van der Waals surface area contributed by atoms with Crippen molar-refractivity contribution in [3.05, 3.63) is 39.6 Å². The number of alkyl halides is 3. The Kier molecular flexibility index (Phi) is 5.49. The molecule has 0 aliphatic carbocycles. The Morgan fingerprint density at radius 2 is 2.13 bits per heavy atom. The molecule has 2 aromatic rings. The van der Waals surface area contributed by atoms with Gasteiger partial charge in [0, 0.05) is 30.6 Å².